The number of anilines is 2. The maximum absolute atomic E-state index is 11.8. The molecule has 0 saturated heterocycles. The van der Waals surface area contributed by atoms with E-state index in [2.05, 4.69) is 31.4 Å². The van der Waals surface area contributed by atoms with E-state index in [4.69, 9.17) is 10.5 Å². The summed E-state index contributed by atoms with van der Waals surface area (Å²) in [5, 5.41) is 8.93. The second-order valence-electron chi connectivity index (χ2n) is 3.51. The van der Waals surface area contributed by atoms with Gasteiger partial charge in [0, 0.05) is 17.8 Å². The monoisotopic (exact) mass is 310 g/mol. The minimum Gasteiger partial charge on any atom is -0.495 e. The second-order valence-corrected chi connectivity index (χ2v) is 4.36. The highest BCUT2D eigenvalue weighted by Crippen LogP contribution is 2.27. The predicted octanol–water partition coefficient (Wildman–Crippen LogP) is 2.02. The molecule has 94 valence electrons. The van der Waals surface area contributed by atoms with Crippen LogP contribution in [-0.4, -0.2) is 23.2 Å². The maximum Gasteiger partial charge on any atom is 0.273 e. The Balaban J connectivity index is 2.16. The summed E-state index contributed by atoms with van der Waals surface area (Å²) in [6.45, 7) is 0. The Morgan fingerprint density at radius 3 is 2.89 bits per heavy atom. The molecule has 7 heteroatoms. The molecule has 18 heavy (non-hydrogen) atoms. The third-order valence-corrected chi connectivity index (χ3v) is 2.91. The summed E-state index contributed by atoms with van der Waals surface area (Å²) in [5.41, 5.74) is 6.35. The Labute approximate surface area is 112 Å². The normalized spacial score (nSPS) is 10.1. The molecule has 0 radical (unpaired) electrons. The van der Waals surface area contributed by atoms with Gasteiger partial charge in [-0.05, 0) is 28.1 Å². The molecule has 0 aliphatic carbocycles. The number of nitrogens with one attached hydrogen (secondary N) is 2. The Kier molecular flexibility index (Phi) is 3.52. The lowest BCUT2D eigenvalue weighted by atomic mass is 10.3. The SMILES string of the molecule is COc1cc(NC(=O)c2cc(N)n[nH]2)ccc1Br. The zero-order chi connectivity index (χ0) is 13.1. The molecule has 0 unspecified atom stereocenters. The minimum absolute atomic E-state index is 0.272. The Hall–Kier alpha value is -2.02. The van der Waals surface area contributed by atoms with Gasteiger partial charge in [-0.3, -0.25) is 9.89 Å². The van der Waals surface area contributed by atoms with Crippen molar-refractivity contribution < 1.29 is 9.53 Å². The molecule has 4 N–H and O–H groups in total. The number of nitrogens with zero attached hydrogens (tertiary/aromatic N) is 1. The zero-order valence-corrected chi connectivity index (χ0v) is 11.1. The number of aromatic amines is 1. The highest BCUT2D eigenvalue weighted by Gasteiger charge is 2.10. The summed E-state index contributed by atoms with van der Waals surface area (Å²) < 4.78 is 5.95. The molecule has 0 aliphatic heterocycles. The van der Waals surface area contributed by atoms with Crippen LogP contribution in [0.5, 0.6) is 5.75 Å². The summed E-state index contributed by atoms with van der Waals surface area (Å²) in [6.07, 6.45) is 0. The molecule has 6 nitrogen and oxygen atoms in total. The lowest BCUT2D eigenvalue weighted by Crippen LogP contribution is -2.12. The van der Waals surface area contributed by atoms with Crippen molar-refractivity contribution in [1.29, 1.82) is 0 Å². The zero-order valence-electron chi connectivity index (χ0n) is 9.53. The molecule has 1 aromatic carbocycles. The number of nitrogen functional groups attached to an aromatic ring is 1. The molecule has 0 saturated carbocycles. The van der Waals surface area contributed by atoms with Gasteiger partial charge in [-0.1, -0.05) is 0 Å². The van der Waals surface area contributed by atoms with Gasteiger partial charge in [0.05, 0.1) is 11.6 Å². The third kappa shape index (κ3) is 2.62. The number of amides is 1. The number of hydrogen-bond donors (Lipinski definition) is 3. The average Bonchev–Trinajstić information content (AvgIpc) is 2.78. The van der Waals surface area contributed by atoms with E-state index in [1.54, 1.807) is 25.3 Å². The number of rotatable bonds is 3. The number of carbonyl (C=O) groups is 1. The Morgan fingerprint density at radius 2 is 2.28 bits per heavy atom. The standard InChI is InChI=1S/C11H11BrN4O2/c1-18-9-4-6(2-3-7(9)12)14-11(17)8-5-10(13)16-15-8/h2-5H,1H3,(H,14,17)(H3,13,15,16). The molecule has 0 bridgehead atoms. The van der Waals surface area contributed by atoms with Gasteiger partial charge in [0.15, 0.2) is 0 Å². The quantitative estimate of drug-likeness (QED) is 0.808. The maximum atomic E-state index is 11.8. The second kappa shape index (κ2) is 5.09. The summed E-state index contributed by atoms with van der Waals surface area (Å²) in [4.78, 5) is 11.8. The van der Waals surface area contributed by atoms with Crippen molar-refractivity contribution in [3.05, 3.63) is 34.4 Å². The molecule has 0 aliphatic rings. The van der Waals surface area contributed by atoms with Gasteiger partial charge in [-0.25, -0.2) is 0 Å². The van der Waals surface area contributed by atoms with Crippen LogP contribution >= 0.6 is 15.9 Å². The number of halogens is 1. The molecule has 0 spiro atoms. The number of hydrogen-bond acceptors (Lipinski definition) is 4. The summed E-state index contributed by atoms with van der Waals surface area (Å²) >= 11 is 3.33. The van der Waals surface area contributed by atoms with E-state index in [0.717, 1.165) is 4.47 Å². The van der Waals surface area contributed by atoms with Crippen LogP contribution < -0.4 is 15.8 Å². The lowest BCUT2D eigenvalue weighted by molar-refractivity contribution is 0.102. The number of nitrogens with two attached hydrogens (primary N) is 1. The van der Waals surface area contributed by atoms with Crippen molar-refractivity contribution in [2.24, 2.45) is 0 Å². The largest absolute Gasteiger partial charge is 0.495 e. The van der Waals surface area contributed by atoms with Crippen LogP contribution in [0, 0.1) is 0 Å². The molecule has 2 aromatic rings. The fourth-order valence-corrected chi connectivity index (χ4v) is 1.80. The van der Waals surface area contributed by atoms with Crippen LogP contribution in [0.15, 0.2) is 28.7 Å². The van der Waals surface area contributed by atoms with E-state index in [9.17, 15) is 4.79 Å². The van der Waals surface area contributed by atoms with Crippen molar-refractivity contribution in [3.8, 4) is 5.75 Å². The topological polar surface area (TPSA) is 93.0 Å². The first-order valence-corrected chi connectivity index (χ1v) is 5.85. The number of H-pyrrole nitrogens is 1. The highest BCUT2D eigenvalue weighted by molar-refractivity contribution is 9.10. The fourth-order valence-electron chi connectivity index (χ4n) is 1.39. The molecule has 2 rings (SSSR count). The Bertz CT molecular complexity index is 582. The van der Waals surface area contributed by atoms with E-state index in [1.807, 2.05) is 0 Å². The first-order chi connectivity index (χ1) is 8.60. The molecule has 1 aromatic heterocycles. The van der Waals surface area contributed by atoms with Gasteiger partial charge in [0.25, 0.3) is 5.91 Å². The van der Waals surface area contributed by atoms with Gasteiger partial charge >= 0.3 is 0 Å². The number of carbonyl (C=O) groups excluding carboxylic acids is 1. The highest BCUT2D eigenvalue weighted by atomic mass is 79.9. The smallest absolute Gasteiger partial charge is 0.273 e. The van der Waals surface area contributed by atoms with Crippen LogP contribution in [0.1, 0.15) is 10.5 Å². The van der Waals surface area contributed by atoms with Gasteiger partial charge in [0.2, 0.25) is 0 Å². The van der Waals surface area contributed by atoms with E-state index in [1.165, 1.54) is 6.07 Å². The van der Waals surface area contributed by atoms with E-state index in [0.29, 0.717) is 17.1 Å². The molecule has 0 fully saturated rings. The average molecular weight is 311 g/mol. The van der Waals surface area contributed by atoms with Crippen molar-refractivity contribution in [2.45, 2.75) is 0 Å². The molecule has 1 amide bonds. The van der Waals surface area contributed by atoms with E-state index in [-0.39, 0.29) is 11.7 Å². The summed E-state index contributed by atoms with van der Waals surface area (Å²) in [5.74, 6) is 0.592. The van der Waals surface area contributed by atoms with E-state index >= 15 is 0 Å². The van der Waals surface area contributed by atoms with Gasteiger partial charge < -0.3 is 15.8 Å². The van der Waals surface area contributed by atoms with Gasteiger partial charge in [-0.15, -0.1) is 0 Å². The van der Waals surface area contributed by atoms with Crippen molar-refractivity contribution >= 4 is 33.3 Å². The minimum atomic E-state index is -0.316. The molecule has 0 atom stereocenters. The molecule has 1 heterocycles. The number of methoxy groups -OCH3 is 1. The number of ether oxygens (including phenoxy) is 1. The lowest BCUT2D eigenvalue weighted by Gasteiger charge is -2.07. The van der Waals surface area contributed by atoms with Crippen molar-refractivity contribution in [1.82, 2.24) is 10.2 Å². The molecular weight excluding hydrogens is 300 g/mol. The Morgan fingerprint density at radius 1 is 1.50 bits per heavy atom. The van der Waals surface area contributed by atoms with Gasteiger partial charge in [-0.2, -0.15) is 5.10 Å². The fraction of sp³-hybridized carbons (Fsp3) is 0.0909. The van der Waals surface area contributed by atoms with Crippen LogP contribution in [0.3, 0.4) is 0 Å². The molecular formula is C11H11BrN4O2. The summed E-state index contributed by atoms with van der Waals surface area (Å²) in [6, 6.07) is 6.72. The first-order valence-electron chi connectivity index (χ1n) is 5.06. The van der Waals surface area contributed by atoms with Crippen LogP contribution in [0.2, 0.25) is 0 Å². The van der Waals surface area contributed by atoms with Gasteiger partial charge in [0.1, 0.15) is 17.3 Å². The van der Waals surface area contributed by atoms with E-state index < -0.39 is 0 Å². The van der Waals surface area contributed by atoms with Crippen LogP contribution in [0.4, 0.5) is 11.5 Å². The summed E-state index contributed by atoms with van der Waals surface area (Å²) in [7, 11) is 1.56. The predicted molar refractivity (Wildman–Crippen MR) is 71.6 cm³/mol. The third-order valence-electron chi connectivity index (χ3n) is 2.25. The number of benzene rings is 1. The van der Waals surface area contributed by atoms with Crippen molar-refractivity contribution in [2.75, 3.05) is 18.2 Å². The van der Waals surface area contributed by atoms with Crippen LogP contribution in [0.25, 0.3) is 0 Å². The first kappa shape index (κ1) is 12.4. The van der Waals surface area contributed by atoms with Crippen molar-refractivity contribution in [3.63, 3.8) is 0 Å². The van der Waals surface area contributed by atoms with Crippen LogP contribution in [-0.2, 0) is 0 Å². The number of aromatic nitrogens is 2.